The van der Waals surface area contributed by atoms with Crippen molar-refractivity contribution in [3.05, 3.63) is 59.7 Å². The van der Waals surface area contributed by atoms with Crippen LogP contribution in [-0.2, 0) is 11.2 Å². The first-order valence-electron chi connectivity index (χ1n) is 7.56. The number of para-hydroxylation sites is 1. The molecule has 0 unspecified atom stereocenters. The summed E-state index contributed by atoms with van der Waals surface area (Å²) in [5, 5.41) is 15.0. The lowest BCUT2D eigenvalue weighted by Crippen LogP contribution is -2.35. The fourth-order valence-corrected chi connectivity index (χ4v) is 2.13. The Morgan fingerprint density at radius 2 is 1.67 bits per heavy atom. The second kappa shape index (κ2) is 8.57. The summed E-state index contributed by atoms with van der Waals surface area (Å²) in [6, 6.07) is 13.6. The second-order valence-corrected chi connectivity index (χ2v) is 5.15. The lowest BCUT2D eigenvalue weighted by molar-refractivity contribution is -0.120. The Bertz CT molecular complexity index is 698. The number of rotatable bonds is 7. The lowest BCUT2D eigenvalue weighted by Gasteiger charge is -2.08. The van der Waals surface area contributed by atoms with E-state index in [1.165, 1.54) is 12.1 Å². The average molecular weight is 328 g/mol. The van der Waals surface area contributed by atoms with E-state index in [9.17, 15) is 14.7 Å². The predicted molar refractivity (Wildman–Crippen MR) is 90.1 cm³/mol. The SMILES string of the molecule is COc1ccc(CC(=O)NCCNC(=O)c2ccccc2O)cc1. The number of hydrogen-bond donors (Lipinski definition) is 3. The Morgan fingerprint density at radius 3 is 2.33 bits per heavy atom. The molecule has 24 heavy (non-hydrogen) atoms. The van der Waals surface area contributed by atoms with Gasteiger partial charge in [-0.1, -0.05) is 24.3 Å². The molecule has 0 saturated carbocycles. The van der Waals surface area contributed by atoms with Gasteiger partial charge in [-0.05, 0) is 29.8 Å². The number of nitrogens with one attached hydrogen (secondary N) is 2. The van der Waals surface area contributed by atoms with Crippen LogP contribution in [0.5, 0.6) is 11.5 Å². The molecule has 6 heteroatoms. The molecule has 2 aromatic rings. The maximum absolute atomic E-state index is 11.9. The van der Waals surface area contributed by atoms with Crippen LogP contribution in [-0.4, -0.2) is 37.1 Å². The van der Waals surface area contributed by atoms with Crippen LogP contribution < -0.4 is 15.4 Å². The van der Waals surface area contributed by atoms with E-state index >= 15 is 0 Å². The molecular formula is C18H20N2O4. The fourth-order valence-electron chi connectivity index (χ4n) is 2.13. The minimum atomic E-state index is -0.377. The van der Waals surface area contributed by atoms with E-state index < -0.39 is 0 Å². The maximum Gasteiger partial charge on any atom is 0.255 e. The number of benzene rings is 2. The van der Waals surface area contributed by atoms with Crippen LogP contribution in [0.2, 0.25) is 0 Å². The quantitative estimate of drug-likeness (QED) is 0.672. The van der Waals surface area contributed by atoms with E-state index in [4.69, 9.17) is 4.74 Å². The van der Waals surface area contributed by atoms with Gasteiger partial charge in [-0.25, -0.2) is 0 Å². The molecule has 0 saturated heterocycles. The number of amides is 2. The summed E-state index contributed by atoms with van der Waals surface area (Å²) in [6.07, 6.45) is 0.261. The van der Waals surface area contributed by atoms with Gasteiger partial charge in [0.25, 0.3) is 5.91 Å². The van der Waals surface area contributed by atoms with Gasteiger partial charge in [-0.3, -0.25) is 9.59 Å². The minimum absolute atomic E-state index is 0.0708. The summed E-state index contributed by atoms with van der Waals surface area (Å²) < 4.78 is 5.06. The Morgan fingerprint density at radius 1 is 1.00 bits per heavy atom. The molecule has 6 nitrogen and oxygen atoms in total. The van der Waals surface area contributed by atoms with Crippen LogP contribution >= 0.6 is 0 Å². The molecule has 0 aliphatic carbocycles. The molecule has 0 bridgehead atoms. The highest BCUT2D eigenvalue weighted by Gasteiger charge is 2.09. The first kappa shape index (κ1) is 17.3. The lowest BCUT2D eigenvalue weighted by atomic mass is 10.1. The monoisotopic (exact) mass is 328 g/mol. The first-order chi connectivity index (χ1) is 11.6. The third-order valence-corrected chi connectivity index (χ3v) is 3.41. The van der Waals surface area contributed by atoms with Crippen LogP contribution in [0.1, 0.15) is 15.9 Å². The zero-order valence-corrected chi connectivity index (χ0v) is 13.4. The van der Waals surface area contributed by atoms with Crippen molar-refractivity contribution in [3.63, 3.8) is 0 Å². The highest BCUT2D eigenvalue weighted by Crippen LogP contribution is 2.14. The summed E-state index contributed by atoms with van der Waals surface area (Å²) in [4.78, 5) is 23.7. The van der Waals surface area contributed by atoms with E-state index in [-0.39, 0.29) is 36.1 Å². The summed E-state index contributed by atoms with van der Waals surface area (Å²) in [6.45, 7) is 0.593. The molecule has 0 fully saturated rings. The van der Waals surface area contributed by atoms with Gasteiger partial charge in [0, 0.05) is 13.1 Å². The molecule has 0 aromatic heterocycles. The Balaban J connectivity index is 1.70. The van der Waals surface area contributed by atoms with Gasteiger partial charge in [0.2, 0.25) is 5.91 Å². The zero-order chi connectivity index (χ0) is 17.4. The standard InChI is InChI=1S/C18H20N2O4/c1-24-14-8-6-13(7-9-14)12-17(22)19-10-11-20-18(23)15-4-2-3-5-16(15)21/h2-9,21H,10-12H2,1H3,(H,19,22)(H,20,23). The van der Waals surface area contributed by atoms with E-state index in [0.29, 0.717) is 6.54 Å². The van der Waals surface area contributed by atoms with Crippen molar-refractivity contribution >= 4 is 11.8 Å². The van der Waals surface area contributed by atoms with Crippen molar-refractivity contribution in [2.75, 3.05) is 20.2 Å². The van der Waals surface area contributed by atoms with Crippen LogP contribution in [0.3, 0.4) is 0 Å². The fraction of sp³-hybridized carbons (Fsp3) is 0.222. The normalized spacial score (nSPS) is 10.0. The van der Waals surface area contributed by atoms with Crippen LogP contribution in [0.15, 0.2) is 48.5 Å². The number of phenols is 1. The molecule has 2 aromatic carbocycles. The number of carbonyl (C=O) groups excluding carboxylic acids is 2. The third kappa shape index (κ3) is 5.01. The maximum atomic E-state index is 11.9. The van der Waals surface area contributed by atoms with E-state index in [1.807, 2.05) is 12.1 Å². The molecule has 0 atom stereocenters. The Kier molecular flexibility index (Phi) is 6.19. The first-order valence-corrected chi connectivity index (χ1v) is 7.56. The van der Waals surface area contributed by atoms with Gasteiger partial charge in [0.1, 0.15) is 11.5 Å². The van der Waals surface area contributed by atoms with Crippen molar-refractivity contribution in [1.82, 2.24) is 10.6 Å². The molecule has 2 amide bonds. The molecule has 0 aliphatic rings. The molecule has 2 rings (SSSR count). The van der Waals surface area contributed by atoms with Crippen LogP contribution in [0.25, 0.3) is 0 Å². The largest absolute Gasteiger partial charge is 0.507 e. The Labute approximate surface area is 140 Å². The Hall–Kier alpha value is -3.02. The number of aromatic hydroxyl groups is 1. The molecule has 0 radical (unpaired) electrons. The van der Waals surface area contributed by atoms with Crippen molar-refractivity contribution in [2.45, 2.75) is 6.42 Å². The van der Waals surface area contributed by atoms with Gasteiger partial charge in [-0.2, -0.15) is 0 Å². The topological polar surface area (TPSA) is 87.7 Å². The van der Waals surface area contributed by atoms with E-state index in [0.717, 1.165) is 11.3 Å². The predicted octanol–water partition coefficient (Wildman–Crippen LogP) is 1.49. The number of hydrogen-bond acceptors (Lipinski definition) is 4. The van der Waals surface area contributed by atoms with E-state index in [1.54, 1.807) is 31.4 Å². The summed E-state index contributed by atoms with van der Waals surface area (Å²) in [5.74, 6) is 0.166. The molecule has 3 N–H and O–H groups in total. The van der Waals surface area contributed by atoms with Gasteiger partial charge in [-0.15, -0.1) is 0 Å². The highest BCUT2D eigenvalue weighted by molar-refractivity contribution is 5.96. The van der Waals surface area contributed by atoms with Crippen molar-refractivity contribution < 1.29 is 19.4 Å². The molecule has 0 spiro atoms. The average Bonchev–Trinajstić information content (AvgIpc) is 2.59. The van der Waals surface area contributed by atoms with Crippen molar-refractivity contribution in [2.24, 2.45) is 0 Å². The summed E-state index contributed by atoms with van der Waals surface area (Å²) in [5.41, 5.74) is 1.09. The molecular weight excluding hydrogens is 308 g/mol. The molecule has 126 valence electrons. The molecule has 0 heterocycles. The third-order valence-electron chi connectivity index (χ3n) is 3.41. The van der Waals surface area contributed by atoms with Gasteiger partial charge >= 0.3 is 0 Å². The number of methoxy groups -OCH3 is 1. The number of ether oxygens (including phenoxy) is 1. The van der Waals surface area contributed by atoms with Crippen molar-refractivity contribution in [1.29, 1.82) is 0 Å². The number of carbonyl (C=O) groups is 2. The van der Waals surface area contributed by atoms with Gasteiger partial charge < -0.3 is 20.5 Å². The number of phenolic OH excluding ortho intramolecular Hbond substituents is 1. The van der Waals surface area contributed by atoms with Crippen LogP contribution in [0.4, 0.5) is 0 Å². The van der Waals surface area contributed by atoms with Gasteiger partial charge in [0.05, 0.1) is 19.1 Å². The summed E-state index contributed by atoms with van der Waals surface area (Å²) in [7, 11) is 1.59. The highest BCUT2D eigenvalue weighted by atomic mass is 16.5. The second-order valence-electron chi connectivity index (χ2n) is 5.15. The zero-order valence-electron chi connectivity index (χ0n) is 13.4. The smallest absolute Gasteiger partial charge is 0.255 e. The summed E-state index contributed by atoms with van der Waals surface area (Å²) >= 11 is 0. The van der Waals surface area contributed by atoms with Crippen LogP contribution in [0, 0.1) is 0 Å². The van der Waals surface area contributed by atoms with Crippen molar-refractivity contribution in [3.8, 4) is 11.5 Å². The molecule has 0 aliphatic heterocycles. The van der Waals surface area contributed by atoms with Gasteiger partial charge in [0.15, 0.2) is 0 Å². The van der Waals surface area contributed by atoms with E-state index in [2.05, 4.69) is 10.6 Å². The minimum Gasteiger partial charge on any atom is -0.507 e.